The molecule has 0 saturated heterocycles. The molecule has 0 unspecified atom stereocenters. The Hall–Kier alpha value is -1.10. The van der Waals surface area contributed by atoms with E-state index in [1.807, 2.05) is 13.8 Å². The maximum Gasteiger partial charge on any atom is 0.329 e. The van der Waals surface area contributed by atoms with Crippen LogP contribution < -0.4 is 11.1 Å². The van der Waals surface area contributed by atoms with Crippen molar-refractivity contribution >= 4 is 11.9 Å². The fourth-order valence-electron chi connectivity index (χ4n) is 3.03. The van der Waals surface area contributed by atoms with Crippen LogP contribution in [-0.2, 0) is 9.59 Å². The van der Waals surface area contributed by atoms with Gasteiger partial charge in [-0.3, -0.25) is 4.79 Å². The van der Waals surface area contributed by atoms with Crippen LogP contribution >= 0.6 is 0 Å². The zero-order valence-corrected chi connectivity index (χ0v) is 12.7. The summed E-state index contributed by atoms with van der Waals surface area (Å²) in [5, 5.41) is 12.4. The maximum atomic E-state index is 12.6. The molecule has 1 amide bonds. The van der Waals surface area contributed by atoms with Gasteiger partial charge in [0.1, 0.15) is 5.54 Å². The molecule has 1 aliphatic rings. The number of carboxylic acids is 1. The van der Waals surface area contributed by atoms with E-state index < -0.39 is 16.9 Å². The molecule has 1 aliphatic carbocycles. The Kier molecular flexibility index (Phi) is 5.99. The quantitative estimate of drug-likeness (QED) is 0.651. The number of carboxylic acid groups (broad SMARTS) is 1. The van der Waals surface area contributed by atoms with Crippen molar-refractivity contribution in [1.82, 2.24) is 5.32 Å². The Balaban J connectivity index is 2.95. The monoisotopic (exact) mass is 284 g/mol. The maximum absolute atomic E-state index is 12.6. The van der Waals surface area contributed by atoms with Crippen LogP contribution in [-0.4, -0.2) is 29.1 Å². The molecule has 0 aromatic carbocycles. The van der Waals surface area contributed by atoms with Gasteiger partial charge in [-0.25, -0.2) is 4.79 Å². The van der Waals surface area contributed by atoms with Gasteiger partial charge >= 0.3 is 5.97 Å². The van der Waals surface area contributed by atoms with Crippen molar-refractivity contribution in [2.45, 2.75) is 70.8 Å². The summed E-state index contributed by atoms with van der Waals surface area (Å²) in [4.78, 5) is 24.3. The summed E-state index contributed by atoms with van der Waals surface area (Å²) in [6, 6.07) is 0. The molecule has 5 nitrogen and oxygen atoms in total. The third kappa shape index (κ3) is 3.32. The van der Waals surface area contributed by atoms with Gasteiger partial charge < -0.3 is 16.2 Å². The van der Waals surface area contributed by atoms with Crippen molar-refractivity contribution in [1.29, 1.82) is 0 Å². The number of nitrogens with two attached hydrogens (primary N) is 1. The molecule has 0 aromatic rings. The molecule has 0 aliphatic heterocycles. The zero-order chi connectivity index (χ0) is 15.2. The number of hydrogen-bond donors (Lipinski definition) is 3. The van der Waals surface area contributed by atoms with Crippen LogP contribution in [0.3, 0.4) is 0 Å². The number of hydrogen-bond acceptors (Lipinski definition) is 3. The Morgan fingerprint density at radius 3 is 2.00 bits per heavy atom. The average Bonchev–Trinajstić information content (AvgIpc) is 2.68. The Morgan fingerprint density at radius 1 is 1.15 bits per heavy atom. The van der Waals surface area contributed by atoms with Crippen LogP contribution in [0.15, 0.2) is 0 Å². The number of carbonyl (C=O) groups excluding carboxylic acids is 1. The zero-order valence-electron chi connectivity index (χ0n) is 12.7. The van der Waals surface area contributed by atoms with Gasteiger partial charge in [-0.2, -0.15) is 0 Å². The van der Waals surface area contributed by atoms with Gasteiger partial charge in [-0.05, 0) is 25.7 Å². The molecule has 1 fully saturated rings. The first-order valence-electron chi connectivity index (χ1n) is 7.72. The summed E-state index contributed by atoms with van der Waals surface area (Å²) in [5.41, 5.74) is 4.03. The summed E-state index contributed by atoms with van der Waals surface area (Å²) in [6.45, 7) is 4.11. The van der Waals surface area contributed by atoms with Gasteiger partial charge in [0.05, 0.1) is 5.41 Å². The van der Waals surface area contributed by atoms with E-state index in [1.165, 1.54) is 0 Å². The minimum absolute atomic E-state index is 0.200. The molecule has 0 aromatic heterocycles. The van der Waals surface area contributed by atoms with Crippen molar-refractivity contribution in [2.24, 2.45) is 11.1 Å². The summed E-state index contributed by atoms with van der Waals surface area (Å²) in [7, 11) is 0. The van der Waals surface area contributed by atoms with E-state index in [4.69, 9.17) is 5.73 Å². The highest BCUT2D eigenvalue weighted by atomic mass is 16.4. The highest BCUT2D eigenvalue weighted by molar-refractivity contribution is 5.90. The second-order valence-electron chi connectivity index (χ2n) is 5.95. The molecule has 0 radical (unpaired) electrons. The second kappa shape index (κ2) is 7.07. The Labute approximate surface area is 121 Å². The first-order chi connectivity index (χ1) is 9.46. The van der Waals surface area contributed by atoms with Gasteiger partial charge in [0, 0.05) is 6.54 Å². The van der Waals surface area contributed by atoms with Gasteiger partial charge in [0.15, 0.2) is 0 Å². The van der Waals surface area contributed by atoms with Crippen molar-refractivity contribution in [3.63, 3.8) is 0 Å². The standard InChI is InChI=1S/C15H28N2O3/c1-3-14(4-2,11-16)12(18)17-15(13(19)20)9-7-5-6-8-10-15/h3-11,16H2,1-2H3,(H,17,18)(H,19,20). The number of carbonyl (C=O) groups is 2. The van der Waals surface area contributed by atoms with E-state index in [0.717, 1.165) is 25.7 Å². The number of amides is 1. The van der Waals surface area contributed by atoms with E-state index >= 15 is 0 Å². The van der Waals surface area contributed by atoms with Crippen molar-refractivity contribution in [3.8, 4) is 0 Å². The highest BCUT2D eigenvalue weighted by Crippen LogP contribution is 2.31. The van der Waals surface area contributed by atoms with Crippen LogP contribution in [0.1, 0.15) is 65.2 Å². The van der Waals surface area contributed by atoms with E-state index in [-0.39, 0.29) is 12.5 Å². The minimum Gasteiger partial charge on any atom is -0.480 e. The molecule has 116 valence electrons. The first kappa shape index (κ1) is 17.0. The molecule has 1 saturated carbocycles. The summed E-state index contributed by atoms with van der Waals surface area (Å²) >= 11 is 0. The van der Waals surface area contributed by atoms with E-state index in [0.29, 0.717) is 25.7 Å². The van der Waals surface area contributed by atoms with Crippen LogP contribution in [0.2, 0.25) is 0 Å². The topological polar surface area (TPSA) is 92.4 Å². The first-order valence-corrected chi connectivity index (χ1v) is 7.72. The lowest BCUT2D eigenvalue weighted by atomic mass is 9.79. The fraction of sp³-hybridized carbons (Fsp3) is 0.867. The van der Waals surface area contributed by atoms with Crippen LogP contribution in [0.5, 0.6) is 0 Å². The van der Waals surface area contributed by atoms with Crippen LogP contribution in [0.25, 0.3) is 0 Å². The second-order valence-corrected chi connectivity index (χ2v) is 5.95. The third-order valence-electron chi connectivity index (χ3n) is 4.95. The van der Waals surface area contributed by atoms with E-state index in [1.54, 1.807) is 0 Å². The SMILES string of the molecule is CCC(CC)(CN)C(=O)NC1(C(=O)O)CCCCCC1. The molecular formula is C15H28N2O3. The Morgan fingerprint density at radius 2 is 1.65 bits per heavy atom. The molecule has 5 heteroatoms. The normalized spacial score (nSPS) is 19.1. The number of aliphatic carboxylic acids is 1. The molecule has 1 rings (SSSR count). The summed E-state index contributed by atoms with van der Waals surface area (Å²) in [5.74, 6) is -1.11. The molecule has 0 atom stereocenters. The molecule has 0 spiro atoms. The van der Waals surface area contributed by atoms with Crippen molar-refractivity contribution < 1.29 is 14.7 Å². The lowest BCUT2D eigenvalue weighted by Gasteiger charge is -2.36. The van der Waals surface area contributed by atoms with Gasteiger partial charge in [-0.1, -0.05) is 39.5 Å². The van der Waals surface area contributed by atoms with Crippen LogP contribution in [0, 0.1) is 5.41 Å². The van der Waals surface area contributed by atoms with Gasteiger partial charge in [-0.15, -0.1) is 0 Å². The van der Waals surface area contributed by atoms with Crippen LogP contribution in [0.4, 0.5) is 0 Å². The highest BCUT2D eigenvalue weighted by Gasteiger charge is 2.44. The summed E-state index contributed by atoms with van der Waals surface area (Å²) in [6.07, 6.45) is 6.05. The van der Waals surface area contributed by atoms with Gasteiger partial charge in [0.2, 0.25) is 5.91 Å². The molecule has 0 bridgehead atoms. The minimum atomic E-state index is -1.10. The number of nitrogens with one attached hydrogen (secondary N) is 1. The largest absolute Gasteiger partial charge is 0.480 e. The smallest absolute Gasteiger partial charge is 0.329 e. The predicted molar refractivity (Wildman–Crippen MR) is 78.3 cm³/mol. The lowest BCUT2D eigenvalue weighted by molar-refractivity contribution is -0.150. The number of rotatable bonds is 6. The molecule has 0 heterocycles. The fourth-order valence-corrected chi connectivity index (χ4v) is 3.03. The summed E-state index contributed by atoms with van der Waals surface area (Å²) < 4.78 is 0. The van der Waals surface area contributed by atoms with Crippen molar-refractivity contribution in [2.75, 3.05) is 6.54 Å². The predicted octanol–water partition coefficient (Wildman–Crippen LogP) is 2.05. The molecular weight excluding hydrogens is 256 g/mol. The third-order valence-corrected chi connectivity index (χ3v) is 4.95. The Bertz CT molecular complexity index is 335. The van der Waals surface area contributed by atoms with Crippen molar-refractivity contribution in [3.05, 3.63) is 0 Å². The molecule has 20 heavy (non-hydrogen) atoms. The average molecular weight is 284 g/mol. The van der Waals surface area contributed by atoms with E-state index in [9.17, 15) is 14.7 Å². The molecule has 4 N–H and O–H groups in total. The van der Waals surface area contributed by atoms with Gasteiger partial charge in [0.25, 0.3) is 0 Å². The lowest BCUT2D eigenvalue weighted by Crippen LogP contribution is -2.59. The van der Waals surface area contributed by atoms with E-state index in [2.05, 4.69) is 5.32 Å².